The second-order valence-electron chi connectivity index (χ2n) is 3.93. The summed E-state index contributed by atoms with van der Waals surface area (Å²) in [6.45, 7) is 0.851. The van der Waals surface area contributed by atoms with Crippen molar-refractivity contribution in [2.75, 3.05) is 11.9 Å². The Bertz CT molecular complexity index is 252. The van der Waals surface area contributed by atoms with Gasteiger partial charge in [-0.25, -0.2) is 4.98 Å². The van der Waals surface area contributed by atoms with Crippen molar-refractivity contribution in [3.63, 3.8) is 0 Å². The van der Waals surface area contributed by atoms with E-state index in [1.807, 2.05) is 11.6 Å². The van der Waals surface area contributed by atoms with Crippen molar-refractivity contribution in [2.24, 2.45) is 11.7 Å². The summed E-state index contributed by atoms with van der Waals surface area (Å²) in [6.07, 6.45) is 6.85. The lowest BCUT2D eigenvalue weighted by molar-refractivity contribution is 0.345. The lowest BCUT2D eigenvalue weighted by Crippen LogP contribution is -2.28. The van der Waals surface area contributed by atoms with Crippen LogP contribution in [-0.2, 0) is 0 Å². The predicted octanol–water partition coefficient (Wildman–Crippen LogP) is 2.07. The van der Waals surface area contributed by atoms with E-state index in [9.17, 15) is 0 Å². The van der Waals surface area contributed by atoms with Gasteiger partial charge in [-0.05, 0) is 38.1 Å². The van der Waals surface area contributed by atoms with E-state index in [0.29, 0.717) is 6.04 Å². The van der Waals surface area contributed by atoms with Gasteiger partial charge in [0.2, 0.25) is 0 Å². The Labute approximate surface area is 88.7 Å². The van der Waals surface area contributed by atoms with Gasteiger partial charge in [-0.3, -0.25) is 0 Å². The van der Waals surface area contributed by atoms with E-state index in [4.69, 9.17) is 5.73 Å². The maximum Gasteiger partial charge on any atom is 0.182 e. The monoisotopic (exact) mass is 211 g/mol. The molecule has 1 fully saturated rings. The number of hydrogen-bond donors (Lipinski definition) is 2. The summed E-state index contributed by atoms with van der Waals surface area (Å²) in [6, 6.07) is 0.615. The average molecular weight is 211 g/mol. The van der Waals surface area contributed by atoms with Crippen molar-refractivity contribution in [2.45, 2.75) is 31.7 Å². The van der Waals surface area contributed by atoms with Crippen molar-refractivity contribution in [1.82, 2.24) is 4.98 Å². The maximum atomic E-state index is 5.65. The molecule has 4 heteroatoms. The summed E-state index contributed by atoms with van der Waals surface area (Å²) < 4.78 is 0. The first-order valence-corrected chi connectivity index (χ1v) is 6.12. The van der Waals surface area contributed by atoms with Gasteiger partial charge >= 0.3 is 0 Å². The number of nitrogens with two attached hydrogens (primary N) is 1. The summed E-state index contributed by atoms with van der Waals surface area (Å²) in [4.78, 5) is 4.23. The minimum absolute atomic E-state index is 0.615. The molecule has 0 bridgehead atoms. The molecule has 0 radical (unpaired) electrons. The predicted molar refractivity (Wildman–Crippen MR) is 60.5 cm³/mol. The van der Waals surface area contributed by atoms with Crippen LogP contribution in [0.2, 0.25) is 0 Å². The first-order chi connectivity index (χ1) is 6.88. The standard InChI is InChI=1S/C10H17N3S/c11-7-8-1-3-9(4-2-8)13-10-12-5-6-14-10/h5-6,8-9H,1-4,7,11H2,(H,12,13). The molecule has 78 valence electrons. The Morgan fingerprint density at radius 3 is 2.79 bits per heavy atom. The molecule has 1 aliphatic rings. The average Bonchev–Trinajstić information content (AvgIpc) is 2.72. The number of anilines is 1. The first-order valence-electron chi connectivity index (χ1n) is 5.24. The molecule has 1 aromatic rings. The summed E-state index contributed by atoms with van der Waals surface area (Å²) in [7, 11) is 0. The number of nitrogens with zero attached hydrogens (tertiary/aromatic N) is 1. The van der Waals surface area contributed by atoms with Gasteiger partial charge in [0.1, 0.15) is 0 Å². The maximum absolute atomic E-state index is 5.65. The van der Waals surface area contributed by atoms with Gasteiger partial charge in [0.05, 0.1) is 0 Å². The van der Waals surface area contributed by atoms with Crippen LogP contribution in [-0.4, -0.2) is 17.6 Å². The molecule has 0 atom stereocenters. The van der Waals surface area contributed by atoms with Gasteiger partial charge in [0.15, 0.2) is 5.13 Å². The van der Waals surface area contributed by atoms with Crippen LogP contribution >= 0.6 is 11.3 Å². The highest BCUT2D eigenvalue weighted by atomic mass is 32.1. The molecule has 0 unspecified atom stereocenters. The Kier molecular flexibility index (Phi) is 3.37. The molecule has 1 aliphatic carbocycles. The van der Waals surface area contributed by atoms with Gasteiger partial charge in [0, 0.05) is 17.6 Å². The Balaban J connectivity index is 1.79. The molecule has 1 aromatic heterocycles. The van der Waals surface area contributed by atoms with E-state index < -0.39 is 0 Å². The topological polar surface area (TPSA) is 50.9 Å². The molecule has 14 heavy (non-hydrogen) atoms. The van der Waals surface area contributed by atoms with Crippen molar-refractivity contribution in [1.29, 1.82) is 0 Å². The molecule has 1 heterocycles. The van der Waals surface area contributed by atoms with Crippen LogP contribution in [0, 0.1) is 5.92 Å². The minimum Gasteiger partial charge on any atom is -0.359 e. The highest BCUT2D eigenvalue weighted by Gasteiger charge is 2.20. The van der Waals surface area contributed by atoms with Crippen molar-refractivity contribution in [3.8, 4) is 0 Å². The zero-order valence-electron chi connectivity index (χ0n) is 8.28. The third-order valence-electron chi connectivity index (χ3n) is 2.94. The quantitative estimate of drug-likeness (QED) is 0.804. The fourth-order valence-electron chi connectivity index (χ4n) is 2.01. The molecular weight excluding hydrogens is 194 g/mol. The summed E-state index contributed by atoms with van der Waals surface area (Å²) >= 11 is 1.68. The van der Waals surface area contributed by atoms with Crippen LogP contribution < -0.4 is 11.1 Å². The number of rotatable bonds is 3. The third-order valence-corrected chi connectivity index (χ3v) is 3.64. The van der Waals surface area contributed by atoms with Crippen molar-refractivity contribution < 1.29 is 0 Å². The van der Waals surface area contributed by atoms with Crippen molar-refractivity contribution >= 4 is 16.5 Å². The minimum atomic E-state index is 0.615. The Hall–Kier alpha value is -0.610. The molecule has 2 rings (SSSR count). The van der Waals surface area contributed by atoms with Crippen LogP contribution in [0.4, 0.5) is 5.13 Å². The third kappa shape index (κ3) is 2.45. The van der Waals surface area contributed by atoms with Crippen LogP contribution in [0.5, 0.6) is 0 Å². The molecule has 3 N–H and O–H groups in total. The molecule has 3 nitrogen and oxygen atoms in total. The summed E-state index contributed by atoms with van der Waals surface area (Å²) in [5, 5.41) is 6.54. The Morgan fingerprint density at radius 1 is 1.43 bits per heavy atom. The van der Waals surface area contributed by atoms with Crippen molar-refractivity contribution in [3.05, 3.63) is 11.6 Å². The van der Waals surface area contributed by atoms with Gasteiger partial charge in [0.25, 0.3) is 0 Å². The molecular formula is C10H17N3S. The van der Waals surface area contributed by atoms with Crippen LogP contribution in [0.3, 0.4) is 0 Å². The van der Waals surface area contributed by atoms with E-state index in [1.54, 1.807) is 11.3 Å². The zero-order chi connectivity index (χ0) is 9.80. The molecule has 0 spiro atoms. The fraction of sp³-hybridized carbons (Fsp3) is 0.700. The van der Waals surface area contributed by atoms with E-state index in [-0.39, 0.29) is 0 Å². The smallest absolute Gasteiger partial charge is 0.182 e. The lowest BCUT2D eigenvalue weighted by Gasteiger charge is -2.28. The number of aromatic nitrogens is 1. The van der Waals surface area contributed by atoms with E-state index in [1.165, 1.54) is 25.7 Å². The van der Waals surface area contributed by atoms with Gasteiger partial charge in [-0.15, -0.1) is 11.3 Å². The SMILES string of the molecule is NCC1CCC(Nc2nccs2)CC1. The van der Waals surface area contributed by atoms with Gasteiger partial charge in [-0.2, -0.15) is 0 Å². The van der Waals surface area contributed by atoms with Crippen LogP contribution in [0.15, 0.2) is 11.6 Å². The summed E-state index contributed by atoms with van der Waals surface area (Å²) in [5.74, 6) is 0.754. The highest BCUT2D eigenvalue weighted by molar-refractivity contribution is 7.13. The molecule has 1 saturated carbocycles. The summed E-state index contributed by atoms with van der Waals surface area (Å²) in [5.41, 5.74) is 5.65. The second kappa shape index (κ2) is 4.75. The van der Waals surface area contributed by atoms with E-state index in [2.05, 4.69) is 10.3 Å². The largest absolute Gasteiger partial charge is 0.359 e. The fourth-order valence-corrected chi connectivity index (χ4v) is 2.62. The second-order valence-corrected chi connectivity index (χ2v) is 4.83. The number of nitrogens with one attached hydrogen (secondary N) is 1. The lowest BCUT2D eigenvalue weighted by atomic mass is 9.86. The normalized spacial score (nSPS) is 27.5. The van der Waals surface area contributed by atoms with E-state index in [0.717, 1.165) is 17.6 Å². The molecule has 0 saturated heterocycles. The highest BCUT2D eigenvalue weighted by Crippen LogP contribution is 2.26. The molecule has 0 aromatic carbocycles. The van der Waals surface area contributed by atoms with Gasteiger partial charge in [-0.1, -0.05) is 0 Å². The zero-order valence-corrected chi connectivity index (χ0v) is 9.09. The number of thiazole rings is 1. The van der Waals surface area contributed by atoms with Gasteiger partial charge < -0.3 is 11.1 Å². The number of hydrogen-bond acceptors (Lipinski definition) is 4. The first kappa shape index (κ1) is 9.93. The van der Waals surface area contributed by atoms with Crippen LogP contribution in [0.25, 0.3) is 0 Å². The molecule has 0 aliphatic heterocycles. The molecule has 0 amide bonds. The Morgan fingerprint density at radius 2 is 2.21 bits per heavy atom. The van der Waals surface area contributed by atoms with E-state index >= 15 is 0 Å². The van der Waals surface area contributed by atoms with Crippen LogP contribution in [0.1, 0.15) is 25.7 Å².